The van der Waals surface area contributed by atoms with Crippen molar-refractivity contribution >= 4 is 11.4 Å². The summed E-state index contributed by atoms with van der Waals surface area (Å²) in [6.45, 7) is 7.45. The zero-order chi connectivity index (χ0) is 15.4. The fourth-order valence-electron chi connectivity index (χ4n) is 3.76. The lowest BCUT2D eigenvalue weighted by Gasteiger charge is -2.24. The largest absolute Gasteiger partial charge is 0.351 e. The van der Waals surface area contributed by atoms with E-state index in [0.29, 0.717) is 5.92 Å². The van der Waals surface area contributed by atoms with Crippen LogP contribution in [0.25, 0.3) is 5.70 Å². The van der Waals surface area contributed by atoms with E-state index < -0.39 is 0 Å². The third-order valence-electron chi connectivity index (χ3n) is 5.10. The highest BCUT2D eigenvalue weighted by Gasteiger charge is 2.33. The van der Waals surface area contributed by atoms with E-state index in [1.807, 2.05) is 0 Å². The smallest absolute Gasteiger partial charge is 0.0675 e. The fourth-order valence-corrected chi connectivity index (χ4v) is 3.76. The monoisotopic (exact) mass is 291 g/mol. The Bertz CT molecular complexity index is 809. The summed E-state index contributed by atoms with van der Waals surface area (Å²) in [4.78, 5) is 0. The molecule has 0 amide bonds. The normalized spacial score (nSPS) is 19.6. The van der Waals surface area contributed by atoms with Crippen molar-refractivity contribution in [2.75, 3.05) is 6.54 Å². The summed E-state index contributed by atoms with van der Waals surface area (Å²) in [5, 5.41) is 7.03. The maximum Gasteiger partial charge on any atom is 0.0675 e. The van der Waals surface area contributed by atoms with Gasteiger partial charge in [-0.15, -0.1) is 0 Å². The van der Waals surface area contributed by atoms with E-state index in [2.05, 4.69) is 73.8 Å². The second-order valence-electron chi connectivity index (χ2n) is 6.32. The van der Waals surface area contributed by atoms with E-state index in [0.717, 1.165) is 12.3 Å². The first-order chi connectivity index (χ1) is 10.6. The Morgan fingerprint density at radius 2 is 1.68 bits per heavy atom. The van der Waals surface area contributed by atoms with Gasteiger partial charge in [0.1, 0.15) is 0 Å². The first kappa shape index (κ1) is 13.4. The zero-order valence-electron chi connectivity index (χ0n) is 13.6. The van der Waals surface area contributed by atoms with Crippen molar-refractivity contribution in [3.05, 3.63) is 64.5 Å². The van der Waals surface area contributed by atoms with Gasteiger partial charge in [0, 0.05) is 35.5 Å². The Hall–Kier alpha value is -2.29. The maximum absolute atomic E-state index is 4.84. The number of benzene rings is 1. The highest BCUT2D eigenvalue weighted by Crippen LogP contribution is 2.41. The molecule has 22 heavy (non-hydrogen) atoms. The average molecular weight is 291 g/mol. The van der Waals surface area contributed by atoms with Gasteiger partial charge in [0.15, 0.2) is 0 Å². The molecule has 0 spiro atoms. The molecule has 0 bridgehead atoms. The predicted octanol–water partition coefficient (Wildman–Crippen LogP) is 3.82. The number of hydrazone groups is 1. The van der Waals surface area contributed by atoms with Gasteiger partial charge in [-0.25, -0.2) is 0 Å². The number of nitrogens with zero attached hydrogens (tertiary/aromatic N) is 3. The average Bonchev–Trinajstić information content (AvgIpc) is 3.04. The van der Waals surface area contributed by atoms with Gasteiger partial charge in [0.05, 0.1) is 18.0 Å². The van der Waals surface area contributed by atoms with Crippen LogP contribution in [0.4, 0.5) is 0 Å². The van der Waals surface area contributed by atoms with Gasteiger partial charge < -0.3 is 4.57 Å². The summed E-state index contributed by atoms with van der Waals surface area (Å²) in [5.41, 5.74) is 9.08. The van der Waals surface area contributed by atoms with Crippen molar-refractivity contribution < 1.29 is 0 Å². The van der Waals surface area contributed by atoms with Gasteiger partial charge in [0.2, 0.25) is 0 Å². The van der Waals surface area contributed by atoms with E-state index in [4.69, 9.17) is 5.10 Å². The molecule has 1 aromatic carbocycles. The molecule has 0 aliphatic carbocycles. The van der Waals surface area contributed by atoms with Crippen molar-refractivity contribution in [2.24, 2.45) is 12.1 Å². The fraction of sp³-hybridized carbons (Fsp3) is 0.316. The van der Waals surface area contributed by atoms with Gasteiger partial charge in [-0.2, -0.15) is 5.10 Å². The predicted molar refractivity (Wildman–Crippen MR) is 91.0 cm³/mol. The number of hydrogen-bond acceptors (Lipinski definition) is 2. The summed E-state index contributed by atoms with van der Waals surface area (Å²) in [6, 6.07) is 10.7. The van der Waals surface area contributed by atoms with Gasteiger partial charge >= 0.3 is 0 Å². The Morgan fingerprint density at radius 3 is 2.41 bits per heavy atom. The summed E-state index contributed by atoms with van der Waals surface area (Å²) < 4.78 is 2.28. The van der Waals surface area contributed by atoms with Crippen molar-refractivity contribution in [1.82, 2.24) is 9.58 Å². The Balaban J connectivity index is 1.87. The highest BCUT2D eigenvalue weighted by molar-refractivity contribution is 6.06. The molecule has 3 heteroatoms. The molecule has 0 saturated carbocycles. The van der Waals surface area contributed by atoms with Gasteiger partial charge in [-0.05, 0) is 32.4 Å². The van der Waals surface area contributed by atoms with Crippen molar-refractivity contribution in [2.45, 2.75) is 26.7 Å². The van der Waals surface area contributed by atoms with Crippen molar-refractivity contribution in [3.63, 3.8) is 0 Å². The van der Waals surface area contributed by atoms with E-state index in [9.17, 15) is 0 Å². The SMILES string of the molecule is CC1=NN2CC(c3ccccc3)C=C2c2c1c(C)n(C)c2C. The van der Waals surface area contributed by atoms with Crippen LogP contribution in [0.1, 0.15) is 40.9 Å². The van der Waals surface area contributed by atoms with Crippen LogP contribution in [-0.2, 0) is 7.05 Å². The minimum atomic E-state index is 0.415. The number of hydrogen-bond donors (Lipinski definition) is 0. The van der Waals surface area contributed by atoms with E-state index >= 15 is 0 Å². The molecule has 4 rings (SSSR count). The molecular formula is C19H21N3. The zero-order valence-corrected chi connectivity index (χ0v) is 13.6. The molecule has 2 aliphatic rings. The molecule has 0 N–H and O–H groups in total. The lowest BCUT2D eigenvalue weighted by Crippen LogP contribution is -2.22. The molecular weight excluding hydrogens is 270 g/mol. The van der Waals surface area contributed by atoms with Crippen LogP contribution in [0.3, 0.4) is 0 Å². The molecule has 3 heterocycles. The topological polar surface area (TPSA) is 20.5 Å². The summed E-state index contributed by atoms with van der Waals surface area (Å²) in [7, 11) is 2.14. The Labute approximate surface area is 131 Å². The molecule has 1 aromatic heterocycles. The lowest BCUT2D eigenvalue weighted by atomic mass is 9.98. The van der Waals surface area contributed by atoms with E-state index in [1.54, 1.807) is 0 Å². The number of rotatable bonds is 1. The lowest BCUT2D eigenvalue weighted by molar-refractivity contribution is 0.432. The second kappa shape index (κ2) is 4.60. The van der Waals surface area contributed by atoms with Crippen LogP contribution in [0, 0.1) is 13.8 Å². The Morgan fingerprint density at radius 1 is 1.00 bits per heavy atom. The standard InChI is InChI=1S/C19H21N3/c1-12-18-13(2)21(4)14(3)19(18)17-10-16(11-22(17)20-12)15-8-6-5-7-9-15/h5-10,16H,11H2,1-4H3. The van der Waals surface area contributed by atoms with E-state index in [1.165, 1.54) is 33.8 Å². The van der Waals surface area contributed by atoms with Crippen LogP contribution in [0.5, 0.6) is 0 Å². The van der Waals surface area contributed by atoms with Crippen LogP contribution in [-0.4, -0.2) is 21.8 Å². The van der Waals surface area contributed by atoms with Crippen LogP contribution in [0.15, 0.2) is 41.5 Å². The van der Waals surface area contributed by atoms with Gasteiger partial charge in [-0.1, -0.05) is 30.3 Å². The summed E-state index contributed by atoms with van der Waals surface area (Å²) in [6.07, 6.45) is 2.39. The quantitative estimate of drug-likeness (QED) is 0.782. The van der Waals surface area contributed by atoms with Gasteiger partial charge in [0.25, 0.3) is 0 Å². The molecule has 1 unspecified atom stereocenters. The molecule has 0 fully saturated rings. The van der Waals surface area contributed by atoms with E-state index in [-0.39, 0.29) is 0 Å². The number of aromatic nitrogens is 1. The molecule has 2 aliphatic heterocycles. The molecule has 1 atom stereocenters. The summed E-state index contributed by atoms with van der Waals surface area (Å²) >= 11 is 0. The van der Waals surface area contributed by atoms with Crippen molar-refractivity contribution in [1.29, 1.82) is 0 Å². The molecule has 3 nitrogen and oxygen atoms in total. The molecule has 2 aromatic rings. The van der Waals surface area contributed by atoms with Crippen LogP contribution < -0.4 is 0 Å². The third kappa shape index (κ3) is 1.71. The second-order valence-corrected chi connectivity index (χ2v) is 6.32. The molecule has 112 valence electrons. The highest BCUT2D eigenvalue weighted by atomic mass is 15.5. The maximum atomic E-state index is 4.84. The third-order valence-corrected chi connectivity index (χ3v) is 5.10. The minimum Gasteiger partial charge on any atom is -0.351 e. The Kier molecular flexibility index (Phi) is 2.80. The summed E-state index contributed by atoms with van der Waals surface area (Å²) in [5.74, 6) is 0.415. The first-order valence-electron chi connectivity index (χ1n) is 7.84. The number of fused-ring (bicyclic) bond motifs is 3. The van der Waals surface area contributed by atoms with Crippen LogP contribution >= 0.6 is 0 Å². The van der Waals surface area contributed by atoms with Crippen molar-refractivity contribution in [3.8, 4) is 0 Å². The molecule has 0 radical (unpaired) electrons. The molecule has 0 saturated heterocycles. The van der Waals surface area contributed by atoms with Crippen LogP contribution in [0.2, 0.25) is 0 Å². The first-order valence-corrected chi connectivity index (χ1v) is 7.84. The van der Waals surface area contributed by atoms with Gasteiger partial charge in [-0.3, -0.25) is 5.01 Å². The minimum absolute atomic E-state index is 0.415.